The monoisotopic (exact) mass is 854 g/mol. The van der Waals surface area contributed by atoms with Gasteiger partial charge in [0, 0.05) is 36.3 Å². The molecule has 1 aliphatic heterocycles. The first-order chi connectivity index (χ1) is 34.8. The van der Waals surface area contributed by atoms with Gasteiger partial charge in [0.25, 0.3) is 0 Å². The van der Waals surface area contributed by atoms with Gasteiger partial charge < -0.3 is 9.80 Å². The molecule has 0 bridgehead atoms. The van der Waals surface area contributed by atoms with E-state index in [1.165, 1.54) is 11.4 Å². The summed E-state index contributed by atoms with van der Waals surface area (Å²) in [5.74, 6) is 0. The summed E-state index contributed by atoms with van der Waals surface area (Å²) >= 11 is 0. The molecule has 2 heteroatoms. The molecule has 292 valence electrons. The minimum Gasteiger partial charge on any atom is -0.356 e. The average Bonchev–Trinajstić information content (AvgIpc) is 4.29. The highest BCUT2D eigenvalue weighted by molar-refractivity contribution is 6.82. The standard InChI is InChI=1S/C68H10N2/c1-69-7-5-3-4-6-8(7)70(2)68-65-57-49-39-29-21-13-10-9-11-15-17(13)25-31-23(15)33-27-19(11)20-12(9)16-18-14(10)22(21)30-36-26(18)32-24(16)34-28(20)38-37(27)47-41(33)51-45(31)53(43(49)35(25)29)61(65)59(51)63-55(47)56-48(38)42(34)52-46(32)54-44(36)50(40(30)39)58(57)66(68)62(54)60(52)64(56)67(63,68)69/h3-6H,1-2H3. The van der Waals surface area contributed by atoms with Crippen LogP contribution in [0.5, 0.6) is 0 Å². The van der Waals surface area contributed by atoms with Gasteiger partial charge >= 0.3 is 0 Å². The summed E-state index contributed by atoms with van der Waals surface area (Å²) in [6.07, 6.45) is 0. The van der Waals surface area contributed by atoms with Crippen LogP contribution in [0.3, 0.4) is 0 Å². The molecule has 1 heterocycles. The second-order valence-electron chi connectivity index (χ2n) is 25.8. The van der Waals surface area contributed by atoms with E-state index in [9.17, 15) is 0 Å². The Hall–Kier alpha value is -8.72. The normalized spacial score (nSPS) is 22.5. The second-order valence-corrected chi connectivity index (χ2v) is 25.8. The molecule has 29 aromatic carbocycles. The Morgan fingerprint density at radius 3 is 0.429 bits per heavy atom. The third-order valence-corrected chi connectivity index (χ3v) is 25.8. The minimum absolute atomic E-state index is 0.485. The molecule has 0 unspecified atom stereocenters. The van der Waals surface area contributed by atoms with Crippen LogP contribution in [0.25, 0.3) is 291 Å². The van der Waals surface area contributed by atoms with Gasteiger partial charge in [0.05, 0.1) is 11.4 Å². The fraction of sp³-hybridized carbons (Fsp3) is 0.0588. The number of hydrogen-bond acceptors (Lipinski definition) is 2. The van der Waals surface area contributed by atoms with Crippen molar-refractivity contribution in [3.63, 3.8) is 0 Å². The molecule has 0 N–H and O–H groups in total. The minimum atomic E-state index is -0.485. The molecule has 0 atom stereocenters. The predicted octanol–water partition coefficient (Wildman–Crippen LogP) is 17.8. The molecule has 5 aliphatic rings. The molecule has 0 amide bonds. The van der Waals surface area contributed by atoms with E-state index >= 15 is 0 Å². The molecule has 2 spiro atoms. The number of benzene rings is 19. The fourth-order valence-electron chi connectivity index (χ4n) is 25.7. The number of likely N-dealkylation sites (N-methyl/N-ethyl adjacent to an activating group) is 2. The van der Waals surface area contributed by atoms with E-state index < -0.39 is 11.1 Å². The van der Waals surface area contributed by atoms with E-state index in [2.05, 4.69) is 48.2 Å². The fourth-order valence-corrected chi connectivity index (χ4v) is 25.7. The molecule has 70 heavy (non-hydrogen) atoms. The van der Waals surface area contributed by atoms with Gasteiger partial charge in [0.2, 0.25) is 0 Å². The highest BCUT2D eigenvalue weighted by Gasteiger charge is 2.74. The van der Waals surface area contributed by atoms with Crippen molar-refractivity contribution in [2.45, 2.75) is 11.1 Å². The number of anilines is 2. The third kappa shape index (κ3) is 1.29. The first kappa shape index (κ1) is 25.6. The molecular weight excluding hydrogens is 845 g/mol. The summed E-state index contributed by atoms with van der Waals surface area (Å²) in [5.41, 5.74) is 8.54. The van der Waals surface area contributed by atoms with Crippen molar-refractivity contribution < 1.29 is 0 Å². The van der Waals surface area contributed by atoms with Gasteiger partial charge in [-0.3, -0.25) is 0 Å². The van der Waals surface area contributed by atoms with Crippen LogP contribution in [0.1, 0.15) is 22.3 Å². The Labute approximate surface area is 381 Å². The largest absolute Gasteiger partial charge is 0.356 e. The molecule has 0 saturated heterocycles. The summed E-state index contributed by atoms with van der Waals surface area (Å²) in [5, 5.41) is 89.2. The summed E-state index contributed by atoms with van der Waals surface area (Å²) in [7, 11) is 5.16. The van der Waals surface area contributed by atoms with E-state index in [4.69, 9.17) is 0 Å². The third-order valence-electron chi connectivity index (χ3n) is 25.8. The Morgan fingerprint density at radius 2 is 0.300 bits per heavy atom. The lowest BCUT2D eigenvalue weighted by molar-refractivity contribution is 0.301. The summed E-state index contributed by atoms with van der Waals surface area (Å²) < 4.78 is 0. The second kappa shape index (κ2) is 5.67. The molecule has 0 fully saturated rings. The van der Waals surface area contributed by atoms with E-state index in [0.717, 1.165) is 0 Å². The van der Waals surface area contributed by atoms with Gasteiger partial charge in [-0.25, -0.2) is 0 Å². The summed E-state index contributed by atoms with van der Waals surface area (Å²) in [6.45, 7) is 0. The van der Waals surface area contributed by atoms with E-state index in [0.29, 0.717) is 0 Å². The lowest BCUT2D eigenvalue weighted by Crippen LogP contribution is -2.70. The summed E-state index contributed by atoms with van der Waals surface area (Å²) in [6, 6.07) is 9.66. The Bertz CT molecular complexity index is 6810. The van der Waals surface area contributed by atoms with Crippen molar-refractivity contribution in [3.8, 4) is 0 Å². The van der Waals surface area contributed by atoms with Crippen LogP contribution in [-0.4, -0.2) is 14.1 Å². The Kier molecular flexibility index (Phi) is 2.07. The molecule has 0 radical (unpaired) electrons. The Morgan fingerprint density at radius 1 is 0.186 bits per heavy atom. The van der Waals surface area contributed by atoms with Gasteiger partial charge in [-0.05, 0) is 303 Å². The number of hydrogen-bond donors (Lipinski definition) is 0. The molecule has 4 aliphatic carbocycles. The molecular formula is C68H10N2. The SMILES string of the molecule is CN1c2ccccc2N(C)C23c4c5c6c7c8c9c(c%10c%11c2c2c4c4c%12c5c5c6c6c8c8c%13c9c9c%10c%10c%11c%11c2c2c4c4c%12c%12c5c5c6c8c6c8c%13c9c9c%10c%10c%11c2c2c4c4c%12c5c6c5c8c9c%10c2c45)C713. The van der Waals surface area contributed by atoms with Crippen molar-refractivity contribution in [2.24, 2.45) is 0 Å². The van der Waals surface area contributed by atoms with Crippen LogP contribution in [-0.2, 0) is 11.1 Å². The Balaban J connectivity index is 1.21. The predicted molar refractivity (Wildman–Crippen MR) is 297 cm³/mol. The number of rotatable bonds is 0. The first-order valence-electron chi connectivity index (χ1n) is 26.1. The van der Waals surface area contributed by atoms with Crippen LogP contribution in [0.4, 0.5) is 11.4 Å². The smallest absolute Gasteiger partial charge is 0.125 e. The maximum atomic E-state index is 2.96. The highest BCUT2D eigenvalue weighted by Crippen LogP contribution is 2.86. The molecule has 0 aromatic heterocycles. The zero-order chi connectivity index (χ0) is 41.6. The van der Waals surface area contributed by atoms with Crippen molar-refractivity contribution in [1.29, 1.82) is 0 Å². The molecule has 0 saturated carbocycles. The highest BCUT2D eigenvalue weighted by atomic mass is 15.4. The van der Waals surface area contributed by atoms with Crippen LogP contribution in [0.15, 0.2) is 24.3 Å². The van der Waals surface area contributed by atoms with Gasteiger partial charge in [-0.2, -0.15) is 0 Å². The molecule has 2 nitrogen and oxygen atoms in total. The van der Waals surface area contributed by atoms with Crippen LogP contribution < -0.4 is 9.80 Å². The van der Waals surface area contributed by atoms with Crippen molar-refractivity contribution in [2.75, 3.05) is 23.9 Å². The van der Waals surface area contributed by atoms with Gasteiger partial charge in [0.1, 0.15) is 11.1 Å². The van der Waals surface area contributed by atoms with Gasteiger partial charge in [-0.15, -0.1) is 0 Å². The number of nitrogens with zero attached hydrogens (tertiary/aromatic N) is 2. The van der Waals surface area contributed by atoms with Crippen LogP contribution in [0.2, 0.25) is 0 Å². The first-order valence-corrected chi connectivity index (χ1v) is 26.1. The quantitative estimate of drug-likeness (QED) is 0.140. The maximum Gasteiger partial charge on any atom is 0.125 e. The van der Waals surface area contributed by atoms with E-state index in [1.54, 1.807) is 313 Å². The average molecular weight is 855 g/mol. The lowest BCUT2D eigenvalue weighted by atomic mass is 9.55. The summed E-state index contributed by atoms with van der Waals surface area (Å²) in [4.78, 5) is 5.91. The zero-order valence-electron chi connectivity index (χ0n) is 36.2. The van der Waals surface area contributed by atoms with E-state index in [-0.39, 0.29) is 0 Å². The van der Waals surface area contributed by atoms with Gasteiger partial charge in [-0.1, -0.05) is 12.1 Å². The zero-order valence-corrected chi connectivity index (χ0v) is 36.2. The maximum absolute atomic E-state index is 2.96. The topological polar surface area (TPSA) is 6.48 Å². The van der Waals surface area contributed by atoms with Crippen LogP contribution in [0, 0.1) is 0 Å². The molecule has 29 aromatic rings. The van der Waals surface area contributed by atoms with Crippen molar-refractivity contribution in [3.05, 3.63) is 46.5 Å². The number of fused-ring (bicyclic) bond motifs is 1. The van der Waals surface area contributed by atoms with Crippen molar-refractivity contribution in [1.82, 2.24) is 0 Å². The van der Waals surface area contributed by atoms with Gasteiger partial charge in [0.15, 0.2) is 0 Å². The van der Waals surface area contributed by atoms with Crippen molar-refractivity contribution >= 4 is 302 Å². The van der Waals surface area contributed by atoms with E-state index in [1.807, 2.05) is 0 Å². The lowest BCUT2D eigenvalue weighted by Gasteiger charge is -2.65. The number of para-hydroxylation sites is 2. The van der Waals surface area contributed by atoms with Crippen LogP contribution >= 0.6 is 0 Å². The molecule has 34 rings (SSSR count).